The molecule has 2 rings (SSSR count). The van der Waals surface area contributed by atoms with Gasteiger partial charge in [-0.1, -0.05) is 30.3 Å². The van der Waals surface area contributed by atoms with Crippen molar-refractivity contribution in [3.8, 4) is 0 Å². The smallest absolute Gasteiger partial charge is 0.227 e. The van der Waals surface area contributed by atoms with Crippen molar-refractivity contribution in [1.29, 1.82) is 0 Å². The van der Waals surface area contributed by atoms with Gasteiger partial charge in [-0.2, -0.15) is 0 Å². The van der Waals surface area contributed by atoms with Gasteiger partial charge >= 0.3 is 0 Å². The van der Waals surface area contributed by atoms with E-state index in [1.54, 1.807) is 0 Å². The number of hydrogen-bond acceptors (Lipinski definition) is 5. The van der Waals surface area contributed by atoms with E-state index in [2.05, 4.69) is 0 Å². The van der Waals surface area contributed by atoms with Gasteiger partial charge in [0, 0.05) is 13.2 Å². The summed E-state index contributed by atoms with van der Waals surface area (Å²) in [6, 6.07) is 9.08. The Balaban J connectivity index is 1.96. The molecule has 0 bridgehead atoms. The van der Waals surface area contributed by atoms with Crippen molar-refractivity contribution < 1.29 is 21.6 Å². The molecule has 1 aliphatic rings. The first kappa shape index (κ1) is 16.4. The van der Waals surface area contributed by atoms with Crippen LogP contribution in [-0.4, -0.2) is 41.1 Å². The number of aryl methyl sites for hydroxylation is 1. The van der Waals surface area contributed by atoms with Gasteiger partial charge in [-0.3, -0.25) is 0 Å². The second-order valence-corrected chi connectivity index (χ2v) is 9.06. The van der Waals surface area contributed by atoms with Gasteiger partial charge in [-0.05, 0) is 24.8 Å². The van der Waals surface area contributed by atoms with E-state index in [1.807, 2.05) is 34.5 Å². The van der Waals surface area contributed by atoms with E-state index >= 15 is 0 Å². The van der Waals surface area contributed by atoms with Crippen molar-refractivity contribution in [1.82, 2.24) is 4.13 Å². The summed E-state index contributed by atoms with van der Waals surface area (Å²) in [5.74, 6) is -0.251. The summed E-state index contributed by atoms with van der Waals surface area (Å²) in [4.78, 5) is 0. The average molecular weight is 333 g/mol. The first-order valence-corrected chi connectivity index (χ1v) is 9.96. The number of nitrogens with one attached hydrogen (secondary N) is 1. The number of hydrogen-bond donors (Lipinski definition) is 1. The Morgan fingerprint density at radius 2 is 1.67 bits per heavy atom. The maximum absolute atomic E-state index is 12.1. The van der Waals surface area contributed by atoms with Gasteiger partial charge in [0.2, 0.25) is 20.0 Å². The van der Waals surface area contributed by atoms with Crippen LogP contribution in [0.2, 0.25) is 0 Å². The first-order valence-electron chi connectivity index (χ1n) is 6.76. The van der Waals surface area contributed by atoms with Gasteiger partial charge in [-0.25, -0.2) is 16.8 Å². The second-order valence-electron chi connectivity index (χ2n) is 4.99. The van der Waals surface area contributed by atoms with Crippen LogP contribution in [0.5, 0.6) is 0 Å². The maximum Gasteiger partial charge on any atom is 0.227 e. The van der Waals surface area contributed by atoms with Crippen molar-refractivity contribution in [3.05, 3.63) is 35.9 Å². The third-order valence-corrected chi connectivity index (χ3v) is 7.39. The predicted molar refractivity (Wildman–Crippen MR) is 79.8 cm³/mol. The molecule has 0 amide bonds. The van der Waals surface area contributed by atoms with Crippen LogP contribution < -0.4 is 4.13 Å². The number of sulfonamides is 2. The van der Waals surface area contributed by atoms with E-state index in [0.29, 0.717) is 26.1 Å². The van der Waals surface area contributed by atoms with Crippen LogP contribution in [0.1, 0.15) is 18.4 Å². The molecule has 21 heavy (non-hydrogen) atoms. The third-order valence-electron chi connectivity index (χ3n) is 3.35. The summed E-state index contributed by atoms with van der Waals surface area (Å²) in [7, 11) is -7.73. The molecule has 1 aromatic carbocycles. The van der Waals surface area contributed by atoms with E-state index in [4.69, 9.17) is 4.74 Å². The zero-order valence-corrected chi connectivity index (χ0v) is 13.2. The normalized spacial score (nSPS) is 17.7. The molecule has 6 nitrogen and oxygen atoms in total. The Morgan fingerprint density at radius 1 is 1.05 bits per heavy atom. The van der Waals surface area contributed by atoms with Crippen LogP contribution in [0.4, 0.5) is 0 Å². The highest BCUT2D eigenvalue weighted by atomic mass is 32.3. The Bertz CT molecular complexity index is 649. The van der Waals surface area contributed by atoms with Gasteiger partial charge < -0.3 is 4.74 Å². The molecule has 0 spiro atoms. The quantitative estimate of drug-likeness (QED) is 0.826. The summed E-state index contributed by atoms with van der Waals surface area (Å²) < 4.78 is 55.0. The van der Waals surface area contributed by atoms with Crippen LogP contribution in [0.15, 0.2) is 30.3 Å². The maximum atomic E-state index is 12.1. The van der Waals surface area contributed by atoms with E-state index in [9.17, 15) is 16.8 Å². The minimum atomic E-state index is -3.87. The van der Waals surface area contributed by atoms with Crippen LogP contribution >= 0.6 is 0 Å². The molecule has 1 heterocycles. The molecular formula is C13H19NO5S2. The highest BCUT2D eigenvalue weighted by Crippen LogP contribution is 2.15. The first-order chi connectivity index (χ1) is 9.89. The summed E-state index contributed by atoms with van der Waals surface area (Å²) >= 11 is 0. The molecular weight excluding hydrogens is 314 g/mol. The fourth-order valence-corrected chi connectivity index (χ4v) is 5.78. The highest BCUT2D eigenvalue weighted by Gasteiger charge is 2.31. The van der Waals surface area contributed by atoms with Crippen molar-refractivity contribution in [2.45, 2.75) is 24.5 Å². The molecule has 1 aliphatic heterocycles. The van der Waals surface area contributed by atoms with Crippen molar-refractivity contribution >= 4 is 20.0 Å². The summed E-state index contributed by atoms with van der Waals surface area (Å²) in [6.07, 6.45) is 0.923. The van der Waals surface area contributed by atoms with Crippen LogP contribution in [0.3, 0.4) is 0 Å². The lowest BCUT2D eigenvalue weighted by atomic mass is 10.2. The molecule has 0 aliphatic carbocycles. The Morgan fingerprint density at radius 3 is 2.29 bits per heavy atom. The van der Waals surface area contributed by atoms with E-state index < -0.39 is 25.3 Å². The van der Waals surface area contributed by atoms with Crippen LogP contribution in [-0.2, 0) is 31.2 Å². The molecule has 118 valence electrons. The topological polar surface area (TPSA) is 89.5 Å². The van der Waals surface area contributed by atoms with Crippen molar-refractivity contribution in [2.75, 3.05) is 19.0 Å². The summed E-state index contributed by atoms with van der Waals surface area (Å²) in [5.41, 5.74) is 0.853. The molecule has 8 heteroatoms. The molecule has 0 atom stereocenters. The van der Waals surface area contributed by atoms with Crippen LogP contribution in [0, 0.1) is 0 Å². The molecule has 1 aromatic rings. The SMILES string of the molecule is O=S(=O)(CCc1ccccc1)NS(=O)(=O)C1CCOCC1. The highest BCUT2D eigenvalue weighted by molar-refractivity contribution is 8.05. The van der Waals surface area contributed by atoms with E-state index in [-0.39, 0.29) is 12.2 Å². The Hall–Kier alpha value is -0.960. The zero-order chi connectivity index (χ0) is 15.3. The predicted octanol–water partition coefficient (Wildman–Crippen LogP) is 0.657. The van der Waals surface area contributed by atoms with Gasteiger partial charge in [0.15, 0.2) is 0 Å². The largest absolute Gasteiger partial charge is 0.381 e. The minimum Gasteiger partial charge on any atom is -0.381 e. The zero-order valence-electron chi connectivity index (χ0n) is 11.6. The number of rotatable bonds is 6. The Kier molecular flexibility index (Phi) is 5.37. The second kappa shape index (κ2) is 6.87. The van der Waals surface area contributed by atoms with E-state index in [0.717, 1.165) is 5.56 Å². The average Bonchev–Trinajstić information content (AvgIpc) is 2.46. The summed E-state index contributed by atoms with van der Waals surface area (Å²) in [5, 5.41) is -0.697. The molecule has 0 aromatic heterocycles. The molecule has 1 fully saturated rings. The monoisotopic (exact) mass is 333 g/mol. The lowest BCUT2D eigenvalue weighted by Crippen LogP contribution is -2.42. The lowest BCUT2D eigenvalue weighted by molar-refractivity contribution is 0.0983. The van der Waals surface area contributed by atoms with Gasteiger partial charge in [0.25, 0.3) is 0 Å². The van der Waals surface area contributed by atoms with Crippen LogP contribution in [0.25, 0.3) is 0 Å². The van der Waals surface area contributed by atoms with Gasteiger partial charge in [0.05, 0.1) is 11.0 Å². The molecule has 0 unspecified atom stereocenters. The van der Waals surface area contributed by atoms with Gasteiger partial charge in [0.1, 0.15) is 0 Å². The molecule has 0 radical (unpaired) electrons. The molecule has 0 saturated carbocycles. The lowest BCUT2D eigenvalue weighted by Gasteiger charge is -2.22. The molecule has 1 N–H and O–H groups in total. The van der Waals surface area contributed by atoms with Gasteiger partial charge in [-0.15, -0.1) is 4.13 Å². The Labute approximate surface area is 125 Å². The molecule has 1 saturated heterocycles. The number of benzene rings is 1. The summed E-state index contributed by atoms with van der Waals surface area (Å²) in [6.45, 7) is 0.686. The van der Waals surface area contributed by atoms with Crippen molar-refractivity contribution in [3.63, 3.8) is 0 Å². The number of ether oxygens (including phenoxy) is 1. The minimum absolute atomic E-state index is 0.251. The fraction of sp³-hybridized carbons (Fsp3) is 0.538. The van der Waals surface area contributed by atoms with E-state index in [1.165, 1.54) is 0 Å². The fourth-order valence-electron chi connectivity index (χ4n) is 2.17. The van der Waals surface area contributed by atoms with Crippen molar-refractivity contribution in [2.24, 2.45) is 0 Å². The third kappa shape index (κ3) is 5.06. The standard InChI is InChI=1S/C13H19NO5S2/c15-20(16,11-8-12-4-2-1-3-5-12)14-21(17,18)13-6-9-19-10-7-13/h1-5,13-14H,6-11H2.